The lowest BCUT2D eigenvalue weighted by molar-refractivity contribution is 0.323. The Bertz CT molecular complexity index is 873. The summed E-state index contributed by atoms with van der Waals surface area (Å²) in [7, 11) is 9.53. The van der Waals surface area contributed by atoms with Crippen LogP contribution in [0, 0.1) is 0 Å². The second-order valence-electron chi connectivity index (χ2n) is 6.62. The van der Waals surface area contributed by atoms with Crippen molar-refractivity contribution in [3.05, 3.63) is 35.4 Å². The molecule has 0 amide bonds. The number of benzene rings is 2. The topological polar surface area (TPSA) is 91.8 Å². The Morgan fingerprint density at radius 1 is 0.667 bits per heavy atom. The third kappa shape index (κ3) is 7.37. The van der Waals surface area contributed by atoms with E-state index in [2.05, 4.69) is 15.6 Å². The Morgan fingerprint density at radius 3 is 1.45 bits per heavy atom. The van der Waals surface area contributed by atoms with Gasteiger partial charge in [-0.2, -0.15) is 0 Å². The molecule has 9 nitrogen and oxygen atoms in total. The second-order valence-corrected chi connectivity index (χ2v) is 6.62. The molecule has 10 heteroatoms. The van der Waals surface area contributed by atoms with Gasteiger partial charge >= 0.3 is 0 Å². The zero-order chi connectivity index (χ0) is 23.5. The lowest BCUT2D eigenvalue weighted by Crippen LogP contribution is -2.36. The van der Waals surface area contributed by atoms with E-state index in [0.29, 0.717) is 53.5 Å². The van der Waals surface area contributed by atoms with E-state index in [-0.39, 0.29) is 24.0 Å². The number of ether oxygens (including phenoxy) is 6. The quantitative estimate of drug-likeness (QED) is 0.239. The minimum absolute atomic E-state index is 0. The molecule has 2 rings (SSSR count). The molecule has 0 fully saturated rings. The molecule has 0 atom stereocenters. The Labute approximate surface area is 212 Å². The van der Waals surface area contributed by atoms with E-state index in [1.54, 1.807) is 42.7 Å². The van der Waals surface area contributed by atoms with Crippen LogP contribution in [-0.4, -0.2) is 55.2 Å². The van der Waals surface area contributed by atoms with E-state index in [1.165, 1.54) is 0 Å². The molecule has 2 N–H and O–H groups in total. The summed E-state index contributed by atoms with van der Waals surface area (Å²) in [4.78, 5) is 4.68. The maximum Gasteiger partial charge on any atom is 0.203 e. The highest BCUT2D eigenvalue weighted by molar-refractivity contribution is 14.0. The molecule has 0 radical (unpaired) electrons. The summed E-state index contributed by atoms with van der Waals surface area (Å²) >= 11 is 0. The van der Waals surface area contributed by atoms with E-state index in [9.17, 15) is 0 Å². The summed E-state index contributed by atoms with van der Waals surface area (Å²) in [6, 6.07) is 7.56. The molecule has 0 aliphatic rings. The summed E-state index contributed by atoms with van der Waals surface area (Å²) in [5.41, 5.74) is 1.88. The first-order valence-corrected chi connectivity index (χ1v) is 10.1. The predicted octanol–water partition coefficient (Wildman–Crippen LogP) is 3.61. The molecular weight excluding hydrogens is 541 g/mol. The number of aliphatic imine (C=N–C) groups is 1. The maximum atomic E-state index is 5.43. The molecule has 0 aliphatic heterocycles. The van der Waals surface area contributed by atoms with Gasteiger partial charge in [-0.05, 0) is 42.3 Å². The molecule has 0 aliphatic carbocycles. The lowest BCUT2D eigenvalue weighted by atomic mass is 10.1. The molecule has 33 heavy (non-hydrogen) atoms. The van der Waals surface area contributed by atoms with Crippen molar-refractivity contribution in [1.29, 1.82) is 0 Å². The van der Waals surface area contributed by atoms with E-state index in [4.69, 9.17) is 28.4 Å². The van der Waals surface area contributed by atoms with Crippen LogP contribution >= 0.6 is 24.0 Å². The van der Waals surface area contributed by atoms with Crippen molar-refractivity contribution < 1.29 is 28.4 Å². The number of hydrogen-bond donors (Lipinski definition) is 2. The van der Waals surface area contributed by atoms with Crippen LogP contribution in [0.25, 0.3) is 0 Å². The van der Waals surface area contributed by atoms with Gasteiger partial charge in [0.25, 0.3) is 0 Å². The van der Waals surface area contributed by atoms with Crippen molar-refractivity contribution in [3.8, 4) is 34.5 Å². The first kappa shape index (κ1) is 28.3. The van der Waals surface area contributed by atoms with Crippen molar-refractivity contribution in [2.24, 2.45) is 4.99 Å². The fraction of sp³-hybridized carbons (Fsp3) is 0.435. The van der Waals surface area contributed by atoms with Crippen LogP contribution in [0.3, 0.4) is 0 Å². The number of guanidine groups is 1. The van der Waals surface area contributed by atoms with E-state index in [1.807, 2.05) is 31.2 Å². The van der Waals surface area contributed by atoms with Crippen LogP contribution in [-0.2, 0) is 13.1 Å². The highest BCUT2D eigenvalue weighted by Gasteiger charge is 2.14. The average Bonchev–Trinajstić information content (AvgIpc) is 2.83. The van der Waals surface area contributed by atoms with Crippen molar-refractivity contribution >= 4 is 29.9 Å². The van der Waals surface area contributed by atoms with Crippen molar-refractivity contribution in [2.45, 2.75) is 20.0 Å². The van der Waals surface area contributed by atoms with Crippen LogP contribution < -0.4 is 39.1 Å². The third-order valence-corrected chi connectivity index (χ3v) is 4.67. The number of methoxy groups -OCH3 is 6. The summed E-state index contributed by atoms with van der Waals surface area (Å²) in [5.74, 6) is 4.15. The van der Waals surface area contributed by atoms with E-state index < -0.39 is 0 Å². The van der Waals surface area contributed by atoms with Gasteiger partial charge in [0, 0.05) is 13.1 Å². The van der Waals surface area contributed by atoms with Crippen molar-refractivity contribution in [2.75, 3.05) is 49.2 Å². The SMILES string of the molecule is CCNC(=NCc1cc(OC)c(OC)c(OC)c1)NCc1cc(OC)c(OC)c(OC)c1.I. The molecule has 0 saturated carbocycles. The molecule has 0 aromatic heterocycles. The normalized spacial score (nSPS) is 10.6. The molecular formula is C23H34IN3O6. The van der Waals surface area contributed by atoms with Gasteiger partial charge in [-0.1, -0.05) is 0 Å². The summed E-state index contributed by atoms with van der Waals surface area (Å²) in [5, 5.41) is 6.57. The maximum absolute atomic E-state index is 5.43. The average molecular weight is 575 g/mol. The minimum Gasteiger partial charge on any atom is -0.493 e. The fourth-order valence-corrected chi connectivity index (χ4v) is 3.16. The molecule has 184 valence electrons. The molecule has 0 spiro atoms. The van der Waals surface area contributed by atoms with E-state index >= 15 is 0 Å². The second kappa shape index (κ2) is 14.4. The monoisotopic (exact) mass is 575 g/mol. The molecule has 2 aromatic rings. The van der Waals surface area contributed by atoms with E-state index in [0.717, 1.165) is 17.7 Å². The largest absolute Gasteiger partial charge is 0.493 e. The van der Waals surface area contributed by atoms with Crippen LogP contribution in [0.2, 0.25) is 0 Å². The number of halogens is 1. The predicted molar refractivity (Wildman–Crippen MR) is 139 cm³/mol. The van der Waals surface area contributed by atoms with Crippen LogP contribution in [0.15, 0.2) is 29.3 Å². The minimum atomic E-state index is 0. The van der Waals surface area contributed by atoms with Crippen molar-refractivity contribution in [3.63, 3.8) is 0 Å². The van der Waals surface area contributed by atoms with Crippen LogP contribution in [0.4, 0.5) is 0 Å². The molecule has 2 aromatic carbocycles. The Balaban J connectivity index is 0.00000544. The number of hydrogen-bond acceptors (Lipinski definition) is 7. The summed E-state index contributed by atoms with van der Waals surface area (Å²) in [6.45, 7) is 3.66. The highest BCUT2D eigenvalue weighted by Crippen LogP contribution is 2.39. The molecule has 0 unspecified atom stereocenters. The Morgan fingerprint density at radius 2 is 1.09 bits per heavy atom. The molecule has 0 bridgehead atoms. The lowest BCUT2D eigenvalue weighted by Gasteiger charge is -2.16. The third-order valence-electron chi connectivity index (χ3n) is 4.67. The van der Waals surface area contributed by atoms with Gasteiger partial charge in [0.1, 0.15) is 0 Å². The standard InChI is InChI=1S/C23H33N3O6.HI/c1-8-24-23(25-13-15-9-17(27-2)21(31-6)18(10-15)28-3)26-14-16-11-19(29-4)22(32-7)20(12-16)30-5;/h9-12H,8,13-14H2,1-7H3,(H2,24,25,26);1H. The smallest absolute Gasteiger partial charge is 0.203 e. The van der Waals surface area contributed by atoms with Crippen LogP contribution in [0.5, 0.6) is 34.5 Å². The zero-order valence-electron chi connectivity index (χ0n) is 20.2. The molecule has 0 heterocycles. The molecule has 0 saturated heterocycles. The van der Waals surface area contributed by atoms with Gasteiger partial charge in [0.2, 0.25) is 11.5 Å². The number of nitrogens with one attached hydrogen (secondary N) is 2. The summed E-state index contributed by atoms with van der Waals surface area (Å²) in [6.07, 6.45) is 0. The Kier molecular flexibility index (Phi) is 12.3. The zero-order valence-corrected chi connectivity index (χ0v) is 22.6. The first-order valence-electron chi connectivity index (χ1n) is 10.1. The number of nitrogens with zero attached hydrogens (tertiary/aromatic N) is 1. The number of rotatable bonds is 11. The summed E-state index contributed by atoms with van der Waals surface area (Å²) < 4.78 is 32.5. The van der Waals surface area contributed by atoms with Crippen LogP contribution in [0.1, 0.15) is 18.1 Å². The first-order chi connectivity index (χ1) is 15.5. The van der Waals surface area contributed by atoms with Crippen molar-refractivity contribution in [1.82, 2.24) is 10.6 Å². The fourth-order valence-electron chi connectivity index (χ4n) is 3.16. The Hall–Kier alpha value is -2.76. The van der Waals surface area contributed by atoms with Gasteiger partial charge in [0.15, 0.2) is 29.0 Å². The van der Waals surface area contributed by atoms with Gasteiger partial charge in [-0.3, -0.25) is 0 Å². The van der Waals surface area contributed by atoms with Gasteiger partial charge in [0.05, 0.1) is 49.2 Å². The van der Waals surface area contributed by atoms with Gasteiger partial charge in [-0.15, -0.1) is 24.0 Å². The highest BCUT2D eigenvalue weighted by atomic mass is 127. The van der Waals surface area contributed by atoms with Gasteiger partial charge < -0.3 is 39.1 Å². The van der Waals surface area contributed by atoms with Gasteiger partial charge in [-0.25, -0.2) is 4.99 Å².